The number of rotatable bonds is 3. The lowest BCUT2D eigenvalue weighted by atomic mass is 10.1. The first kappa shape index (κ1) is 12.1. The number of carbonyl (C=O) groups is 1. The van der Waals surface area contributed by atoms with Crippen molar-refractivity contribution >= 4 is 5.91 Å². The van der Waals surface area contributed by atoms with E-state index in [0.717, 1.165) is 31.7 Å². The molecule has 1 unspecified atom stereocenters. The highest BCUT2D eigenvalue weighted by atomic mass is 16.5. The van der Waals surface area contributed by atoms with Crippen LogP contribution in [0.3, 0.4) is 0 Å². The molecule has 1 heterocycles. The van der Waals surface area contributed by atoms with Gasteiger partial charge in [0.25, 0.3) is 5.91 Å². The summed E-state index contributed by atoms with van der Waals surface area (Å²) in [5.41, 5.74) is 1.94. The molecule has 3 nitrogen and oxygen atoms in total. The van der Waals surface area contributed by atoms with E-state index in [0.29, 0.717) is 5.92 Å². The van der Waals surface area contributed by atoms with Gasteiger partial charge in [-0.3, -0.25) is 4.79 Å². The molecule has 1 aromatic carbocycles. The Labute approximate surface area is 102 Å². The summed E-state index contributed by atoms with van der Waals surface area (Å²) in [5, 5.41) is 0. The molecule has 0 bridgehead atoms. The monoisotopic (exact) mass is 233 g/mol. The predicted molar refractivity (Wildman–Crippen MR) is 67.1 cm³/mol. The summed E-state index contributed by atoms with van der Waals surface area (Å²) in [4.78, 5) is 13.9. The zero-order valence-corrected chi connectivity index (χ0v) is 10.5. The van der Waals surface area contributed by atoms with Crippen LogP contribution < -0.4 is 0 Å². The van der Waals surface area contributed by atoms with Crippen molar-refractivity contribution in [1.82, 2.24) is 4.90 Å². The van der Waals surface area contributed by atoms with Crippen LogP contribution in [0.1, 0.15) is 22.3 Å². The Balaban J connectivity index is 1.96. The van der Waals surface area contributed by atoms with E-state index in [-0.39, 0.29) is 5.91 Å². The maximum absolute atomic E-state index is 12.1. The maximum Gasteiger partial charge on any atom is 0.253 e. The van der Waals surface area contributed by atoms with Crippen LogP contribution in [0, 0.1) is 12.8 Å². The van der Waals surface area contributed by atoms with Crippen LogP contribution >= 0.6 is 0 Å². The van der Waals surface area contributed by atoms with E-state index in [4.69, 9.17) is 4.74 Å². The van der Waals surface area contributed by atoms with E-state index in [9.17, 15) is 4.79 Å². The highest BCUT2D eigenvalue weighted by molar-refractivity contribution is 5.94. The van der Waals surface area contributed by atoms with E-state index in [1.165, 1.54) is 5.56 Å². The van der Waals surface area contributed by atoms with Gasteiger partial charge in [-0.15, -0.1) is 0 Å². The second-order valence-corrected chi connectivity index (χ2v) is 4.78. The van der Waals surface area contributed by atoms with Crippen molar-refractivity contribution in [2.75, 3.05) is 26.8 Å². The van der Waals surface area contributed by atoms with Gasteiger partial charge in [-0.05, 0) is 25.5 Å². The fraction of sp³-hybridized carbons (Fsp3) is 0.500. The van der Waals surface area contributed by atoms with E-state index in [1.807, 2.05) is 38.2 Å². The van der Waals surface area contributed by atoms with Crippen LogP contribution in [0.5, 0.6) is 0 Å². The summed E-state index contributed by atoms with van der Waals surface area (Å²) < 4.78 is 5.32. The summed E-state index contributed by atoms with van der Waals surface area (Å²) in [6.45, 7) is 4.42. The zero-order chi connectivity index (χ0) is 12.3. The van der Waals surface area contributed by atoms with Crippen molar-refractivity contribution in [2.24, 2.45) is 5.92 Å². The van der Waals surface area contributed by atoms with Gasteiger partial charge in [-0.1, -0.05) is 17.7 Å². The van der Waals surface area contributed by atoms with Gasteiger partial charge in [0.15, 0.2) is 0 Å². The average Bonchev–Trinajstić information content (AvgIpc) is 2.82. The molecule has 3 heteroatoms. The second-order valence-electron chi connectivity index (χ2n) is 4.78. The Hall–Kier alpha value is -1.35. The molecule has 1 atom stereocenters. The van der Waals surface area contributed by atoms with Crippen molar-refractivity contribution in [3.05, 3.63) is 35.4 Å². The minimum absolute atomic E-state index is 0.0944. The lowest BCUT2D eigenvalue weighted by Crippen LogP contribution is -2.32. The number of hydrogen-bond acceptors (Lipinski definition) is 2. The third-order valence-corrected chi connectivity index (χ3v) is 3.20. The van der Waals surface area contributed by atoms with Crippen LogP contribution in [-0.2, 0) is 4.74 Å². The molecule has 0 spiro atoms. The van der Waals surface area contributed by atoms with Gasteiger partial charge in [0, 0.05) is 31.7 Å². The molecule has 1 aliphatic rings. The summed E-state index contributed by atoms with van der Waals surface area (Å²) >= 11 is 0. The Morgan fingerprint density at radius 3 is 2.71 bits per heavy atom. The molecule has 17 heavy (non-hydrogen) atoms. The van der Waals surface area contributed by atoms with E-state index in [2.05, 4.69) is 0 Å². The fourth-order valence-corrected chi connectivity index (χ4v) is 2.11. The third kappa shape index (κ3) is 3.07. The average molecular weight is 233 g/mol. The maximum atomic E-state index is 12.1. The van der Waals surface area contributed by atoms with E-state index < -0.39 is 0 Å². The highest BCUT2D eigenvalue weighted by Crippen LogP contribution is 2.15. The van der Waals surface area contributed by atoms with Gasteiger partial charge in [-0.25, -0.2) is 0 Å². The van der Waals surface area contributed by atoms with E-state index >= 15 is 0 Å². The summed E-state index contributed by atoms with van der Waals surface area (Å²) in [6, 6.07) is 7.72. The molecule has 92 valence electrons. The molecular formula is C14H19NO2. The molecule has 1 saturated heterocycles. The second kappa shape index (κ2) is 5.32. The van der Waals surface area contributed by atoms with Crippen molar-refractivity contribution in [1.29, 1.82) is 0 Å². The van der Waals surface area contributed by atoms with Crippen LogP contribution in [0.4, 0.5) is 0 Å². The fourth-order valence-electron chi connectivity index (χ4n) is 2.11. The van der Waals surface area contributed by atoms with Gasteiger partial charge in [-0.2, -0.15) is 0 Å². The zero-order valence-electron chi connectivity index (χ0n) is 10.5. The smallest absolute Gasteiger partial charge is 0.253 e. The molecule has 0 saturated carbocycles. The van der Waals surface area contributed by atoms with Crippen LogP contribution in [-0.4, -0.2) is 37.6 Å². The SMILES string of the molecule is Cc1ccc(C(=O)N(C)CC2CCOC2)cc1. The third-order valence-electron chi connectivity index (χ3n) is 3.20. The van der Waals surface area contributed by atoms with Crippen LogP contribution in [0.15, 0.2) is 24.3 Å². The Kier molecular flexibility index (Phi) is 3.79. The normalized spacial score (nSPS) is 19.3. The molecule has 1 aromatic rings. The van der Waals surface area contributed by atoms with Gasteiger partial charge < -0.3 is 9.64 Å². The molecule has 0 N–H and O–H groups in total. The molecule has 1 amide bonds. The number of ether oxygens (including phenoxy) is 1. The summed E-state index contributed by atoms with van der Waals surface area (Å²) in [7, 11) is 1.86. The Morgan fingerprint density at radius 2 is 2.12 bits per heavy atom. The quantitative estimate of drug-likeness (QED) is 0.800. The number of benzene rings is 1. The lowest BCUT2D eigenvalue weighted by molar-refractivity contribution is 0.0766. The molecule has 2 rings (SSSR count). The lowest BCUT2D eigenvalue weighted by Gasteiger charge is -2.20. The highest BCUT2D eigenvalue weighted by Gasteiger charge is 2.20. The van der Waals surface area contributed by atoms with Crippen molar-refractivity contribution in [2.45, 2.75) is 13.3 Å². The number of aryl methyl sites for hydroxylation is 1. The van der Waals surface area contributed by atoms with Gasteiger partial charge in [0.05, 0.1) is 6.61 Å². The largest absolute Gasteiger partial charge is 0.381 e. The van der Waals surface area contributed by atoms with Crippen LogP contribution in [0.25, 0.3) is 0 Å². The standard InChI is InChI=1S/C14H19NO2/c1-11-3-5-13(6-4-11)14(16)15(2)9-12-7-8-17-10-12/h3-6,12H,7-10H2,1-2H3. The van der Waals surface area contributed by atoms with Crippen LogP contribution in [0.2, 0.25) is 0 Å². The summed E-state index contributed by atoms with van der Waals surface area (Å²) in [5.74, 6) is 0.589. The first-order chi connectivity index (χ1) is 8.16. The molecule has 0 aliphatic carbocycles. The van der Waals surface area contributed by atoms with Gasteiger partial charge in [0.1, 0.15) is 0 Å². The van der Waals surface area contributed by atoms with Gasteiger partial charge in [0.2, 0.25) is 0 Å². The van der Waals surface area contributed by atoms with E-state index in [1.54, 1.807) is 4.90 Å². The van der Waals surface area contributed by atoms with Gasteiger partial charge >= 0.3 is 0 Å². The Bertz CT molecular complexity index is 380. The molecular weight excluding hydrogens is 214 g/mol. The molecule has 0 radical (unpaired) electrons. The number of nitrogens with zero attached hydrogens (tertiary/aromatic N) is 1. The number of hydrogen-bond donors (Lipinski definition) is 0. The number of carbonyl (C=O) groups excluding carboxylic acids is 1. The number of amides is 1. The molecule has 1 aliphatic heterocycles. The summed E-state index contributed by atoms with van der Waals surface area (Å²) in [6.07, 6.45) is 1.06. The first-order valence-electron chi connectivity index (χ1n) is 6.06. The minimum Gasteiger partial charge on any atom is -0.381 e. The minimum atomic E-state index is 0.0944. The van der Waals surface area contributed by atoms with Crippen molar-refractivity contribution < 1.29 is 9.53 Å². The Morgan fingerprint density at radius 1 is 1.41 bits per heavy atom. The van der Waals surface area contributed by atoms with Crippen molar-refractivity contribution in [3.63, 3.8) is 0 Å². The first-order valence-corrected chi connectivity index (χ1v) is 6.06. The molecule has 0 aromatic heterocycles. The predicted octanol–water partition coefficient (Wildman–Crippen LogP) is 2.10. The van der Waals surface area contributed by atoms with Crippen molar-refractivity contribution in [3.8, 4) is 0 Å². The topological polar surface area (TPSA) is 29.5 Å². The molecule has 1 fully saturated rings.